The maximum Gasteiger partial charge on any atom is 0.324 e. The molecule has 1 aliphatic rings. The molecule has 0 heterocycles. The van der Waals surface area contributed by atoms with Crippen LogP contribution >= 0.6 is 0 Å². The standard InChI is InChI=1S/C15H21NO2/c1-2-3-10-16-15(14(17)18)9-8-12-6-4-5-7-13(12)11-15/h4-7,16H,2-3,8-11H2,1H3,(H,17,18). The van der Waals surface area contributed by atoms with Crippen LogP contribution in [0.25, 0.3) is 0 Å². The SMILES string of the molecule is CCCCNC1(C(=O)O)CCc2ccccc2C1. The van der Waals surface area contributed by atoms with Gasteiger partial charge in [0.2, 0.25) is 0 Å². The first-order chi connectivity index (χ1) is 8.68. The third-order valence-corrected chi connectivity index (χ3v) is 3.83. The number of benzene rings is 1. The van der Waals surface area contributed by atoms with Crippen LogP contribution in [0, 0.1) is 0 Å². The largest absolute Gasteiger partial charge is 0.480 e. The number of carbonyl (C=O) groups is 1. The summed E-state index contributed by atoms with van der Waals surface area (Å²) in [5.74, 6) is -0.715. The zero-order valence-electron chi connectivity index (χ0n) is 10.9. The number of hydrogen-bond acceptors (Lipinski definition) is 2. The fourth-order valence-electron chi connectivity index (χ4n) is 2.65. The number of aryl methyl sites for hydroxylation is 1. The molecule has 0 aliphatic heterocycles. The molecule has 2 rings (SSSR count). The lowest BCUT2D eigenvalue weighted by molar-refractivity contribution is -0.145. The predicted octanol–water partition coefficient (Wildman–Crippen LogP) is 2.39. The first-order valence-electron chi connectivity index (χ1n) is 6.73. The molecule has 0 spiro atoms. The molecule has 0 saturated carbocycles. The van der Waals surface area contributed by atoms with Crippen molar-refractivity contribution in [2.45, 2.75) is 44.6 Å². The van der Waals surface area contributed by atoms with E-state index in [1.807, 2.05) is 18.2 Å². The van der Waals surface area contributed by atoms with Crippen LogP contribution in [0.2, 0.25) is 0 Å². The average Bonchev–Trinajstić information content (AvgIpc) is 2.38. The third kappa shape index (κ3) is 2.56. The van der Waals surface area contributed by atoms with Crippen LogP contribution in [0.4, 0.5) is 0 Å². The highest BCUT2D eigenvalue weighted by Crippen LogP contribution is 2.29. The monoisotopic (exact) mass is 247 g/mol. The van der Waals surface area contributed by atoms with Crippen LogP contribution < -0.4 is 5.32 Å². The van der Waals surface area contributed by atoms with Gasteiger partial charge in [-0.05, 0) is 36.9 Å². The number of nitrogens with one attached hydrogen (secondary N) is 1. The number of carboxylic acid groups (broad SMARTS) is 1. The molecule has 2 N–H and O–H groups in total. The Hall–Kier alpha value is -1.35. The molecule has 3 nitrogen and oxygen atoms in total. The van der Waals surface area contributed by atoms with Gasteiger partial charge in [-0.1, -0.05) is 37.6 Å². The van der Waals surface area contributed by atoms with Crippen LogP contribution in [0.3, 0.4) is 0 Å². The molecule has 98 valence electrons. The molecule has 0 saturated heterocycles. The van der Waals surface area contributed by atoms with E-state index in [1.54, 1.807) is 0 Å². The first kappa shape index (κ1) is 13.1. The number of unbranched alkanes of at least 4 members (excludes halogenated alkanes) is 1. The van der Waals surface area contributed by atoms with Gasteiger partial charge in [-0.15, -0.1) is 0 Å². The van der Waals surface area contributed by atoms with Gasteiger partial charge in [0, 0.05) is 6.42 Å². The summed E-state index contributed by atoms with van der Waals surface area (Å²) in [5, 5.41) is 12.8. The molecule has 3 heteroatoms. The molecule has 1 aliphatic carbocycles. The van der Waals surface area contributed by atoms with Crippen LogP contribution in [-0.2, 0) is 17.6 Å². The molecule has 0 fully saturated rings. The van der Waals surface area contributed by atoms with Crippen molar-refractivity contribution in [1.82, 2.24) is 5.32 Å². The highest BCUT2D eigenvalue weighted by atomic mass is 16.4. The predicted molar refractivity (Wildman–Crippen MR) is 71.7 cm³/mol. The zero-order chi connectivity index (χ0) is 13.0. The molecule has 0 aromatic heterocycles. The first-order valence-corrected chi connectivity index (χ1v) is 6.73. The van der Waals surface area contributed by atoms with E-state index >= 15 is 0 Å². The summed E-state index contributed by atoms with van der Waals surface area (Å²) < 4.78 is 0. The summed E-state index contributed by atoms with van der Waals surface area (Å²) in [6.45, 7) is 2.90. The van der Waals surface area contributed by atoms with Gasteiger partial charge >= 0.3 is 5.97 Å². The minimum atomic E-state index is -0.760. The maximum atomic E-state index is 11.6. The second-order valence-corrected chi connectivity index (χ2v) is 5.11. The number of rotatable bonds is 5. The van der Waals surface area contributed by atoms with Gasteiger partial charge in [0.1, 0.15) is 5.54 Å². The Kier molecular flexibility index (Phi) is 4.02. The van der Waals surface area contributed by atoms with Crippen LogP contribution in [-0.4, -0.2) is 23.2 Å². The number of carboxylic acids is 1. The van der Waals surface area contributed by atoms with E-state index < -0.39 is 11.5 Å². The Labute approximate surface area is 108 Å². The molecule has 0 radical (unpaired) electrons. The Bertz CT molecular complexity index is 430. The lowest BCUT2D eigenvalue weighted by Crippen LogP contribution is -2.56. The molecule has 18 heavy (non-hydrogen) atoms. The summed E-state index contributed by atoms with van der Waals surface area (Å²) in [6, 6.07) is 8.17. The topological polar surface area (TPSA) is 49.3 Å². The van der Waals surface area contributed by atoms with Gasteiger partial charge in [0.05, 0.1) is 0 Å². The van der Waals surface area contributed by atoms with Gasteiger partial charge in [-0.25, -0.2) is 0 Å². The van der Waals surface area contributed by atoms with Crippen molar-refractivity contribution in [1.29, 1.82) is 0 Å². The van der Waals surface area contributed by atoms with E-state index in [0.717, 1.165) is 25.8 Å². The fraction of sp³-hybridized carbons (Fsp3) is 0.533. The van der Waals surface area contributed by atoms with E-state index in [2.05, 4.69) is 18.3 Å². The molecule has 1 aromatic rings. The summed E-state index contributed by atoms with van der Waals surface area (Å²) in [7, 11) is 0. The van der Waals surface area contributed by atoms with Gasteiger partial charge in [0.25, 0.3) is 0 Å². The molecule has 0 bridgehead atoms. The summed E-state index contributed by atoms with van der Waals surface area (Å²) in [6.07, 6.45) is 4.24. The highest BCUT2D eigenvalue weighted by molar-refractivity contribution is 5.80. The quantitative estimate of drug-likeness (QED) is 0.785. The normalized spacial score (nSPS) is 22.5. The number of fused-ring (bicyclic) bond motifs is 1. The van der Waals surface area contributed by atoms with Crippen molar-refractivity contribution in [3.05, 3.63) is 35.4 Å². The van der Waals surface area contributed by atoms with Crippen molar-refractivity contribution in [2.24, 2.45) is 0 Å². The zero-order valence-corrected chi connectivity index (χ0v) is 10.9. The van der Waals surface area contributed by atoms with Crippen molar-refractivity contribution >= 4 is 5.97 Å². The Balaban J connectivity index is 2.16. The summed E-state index contributed by atoms with van der Waals surface area (Å²) in [5.41, 5.74) is 1.71. The minimum absolute atomic E-state index is 0.599. The molecular weight excluding hydrogens is 226 g/mol. The fourth-order valence-corrected chi connectivity index (χ4v) is 2.65. The molecule has 1 aromatic carbocycles. The van der Waals surface area contributed by atoms with Crippen molar-refractivity contribution in [3.8, 4) is 0 Å². The van der Waals surface area contributed by atoms with E-state index in [0.29, 0.717) is 12.8 Å². The Morgan fingerprint density at radius 1 is 1.39 bits per heavy atom. The molecular formula is C15H21NO2. The third-order valence-electron chi connectivity index (χ3n) is 3.83. The second-order valence-electron chi connectivity index (χ2n) is 5.11. The lowest BCUT2D eigenvalue weighted by Gasteiger charge is -2.35. The van der Waals surface area contributed by atoms with Gasteiger partial charge in [-0.2, -0.15) is 0 Å². The highest BCUT2D eigenvalue weighted by Gasteiger charge is 2.40. The van der Waals surface area contributed by atoms with Crippen LogP contribution in [0.5, 0.6) is 0 Å². The Morgan fingerprint density at radius 3 is 2.78 bits per heavy atom. The summed E-state index contributed by atoms with van der Waals surface area (Å²) >= 11 is 0. The molecule has 1 atom stereocenters. The smallest absolute Gasteiger partial charge is 0.324 e. The van der Waals surface area contributed by atoms with E-state index in [-0.39, 0.29) is 0 Å². The van der Waals surface area contributed by atoms with Crippen LogP contribution in [0.1, 0.15) is 37.3 Å². The van der Waals surface area contributed by atoms with E-state index in [4.69, 9.17) is 0 Å². The number of hydrogen-bond donors (Lipinski definition) is 2. The Morgan fingerprint density at radius 2 is 2.11 bits per heavy atom. The molecule has 0 amide bonds. The number of aliphatic carboxylic acids is 1. The second kappa shape index (κ2) is 5.53. The minimum Gasteiger partial charge on any atom is -0.480 e. The van der Waals surface area contributed by atoms with Gasteiger partial charge in [0.15, 0.2) is 0 Å². The average molecular weight is 247 g/mol. The summed E-state index contributed by atoms with van der Waals surface area (Å²) in [4.78, 5) is 11.6. The van der Waals surface area contributed by atoms with Crippen molar-refractivity contribution in [3.63, 3.8) is 0 Å². The van der Waals surface area contributed by atoms with Crippen molar-refractivity contribution < 1.29 is 9.90 Å². The van der Waals surface area contributed by atoms with E-state index in [1.165, 1.54) is 11.1 Å². The molecule has 1 unspecified atom stereocenters. The van der Waals surface area contributed by atoms with Gasteiger partial charge < -0.3 is 10.4 Å². The lowest BCUT2D eigenvalue weighted by atomic mass is 9.78. The van der Waals surface area contributed by atoms with E-state index in [9.17, 15) is 9.90 Å². The maximum absolute atomic E-state index is 11.6. The van der Waals surface area contributed by atoms with Crippen molar-refractivity contribution in [2.75, 3.05) is 6.54 Å². The van der Waals surface area contributed by atoms with Gasteiger partial charge in [-0.3, -0.25) is 4.79 Å². The van der Waals surface area contributed by atoms with Crippen LogP contribution in [0.15, 0.2) is 24.3 Å².